The van der Waals surface area contributed by atoms with E-state index in [1.807, 2.05) is 25.1 Å². The third-order valence-corrected chi connectivity index (χ3v) is 2.83. The Labute approximate surface area is 100 Å². The molecule has 16 heavy (non-hydrogen) atoms. The Morgan fingerprint density at radius 3 is 2.75 bits per heavy atom. The molecule has 1 heterocycles. The van der Waals surface area contributed by atoms with E-state index in [9.17, 15) is 0 Å². The molecule has 0 aliphatic carbocycles. The van der Waals surface area contributed by atoms with E-state index in [-0.39, 0.29) is 0 Å². The first-order chi connectivity index (χ1) is 7.74. The molecule has 0 bridgehead atoms. The second-order valence-electron chi connectivity index (χ2n) is 3.58. The van der Waals surface area contributed by atoms with Crippen molar-refractivity contribution in [2.45, 2.75) is 20.3 Å². The normalized spacial score (nSPS) is 10.7. The van der Waals surface area contributed by atoms with Crippen molar-refractivity contribution >= 4 is 22.5 Å². The van der Waals surface area contributed by atoms with Gasteiger partial charge in [0.15, 0.2) is 0 Å². The predicted molar refractivity (Wildman–Crippen MR) is 67.3 cm³/mol. The Kier molecular flexibility index (Phi) is 3.30. The second kappa shape index (κ2) is 4.71. The fraction of sp³-hybridized carbons (Fsp3) is 0.308. The molecule has 3 heteroatoms. The number of aryl methyl sites for hydroxylation is 1. The Morgan fingerprint density at radius 1 is 1.25 bits per heavy atom. The van der Waals surface area contributed by atoms with Gasteiger partial charge in [0.2, 0.25) is 0 Å². The molecule has 0 fully saturated rings. The zero-order chi connectivity index (χ0) is 11.5. The average Bonchev–Trinajstić information content (AvgIpc) is 2.29. The second-order valence-corrected chi connectivity index (χ2v) is 3.94. The van der Waals surface area contributed by atoms with Crippen LogP contribution in [0.2, 0.25) is 5.15 Å². The molecule has 0 amide bonds. The van der Waals surface area contributed by atoms with Crippen molar-refractivity contribution in [1.82, 2.24) is 4.98 Å². The van der Waals surface area contributed by atoms with E-state index >= 15 is 0 Å². The minimum atomic E-state index is 0.596. The molecule has 0 N–H and O–H groups in total. The van der Waals surface area contributed by atoms with Gasteiger partial charge in [0, 0.05) is 5.39 Å². The van der Waals surface area contributed by atoms with E-state index in [0.717, 1.165) is 28.6 Å². The van der Waals surface area contributed by atoms with Crippen LogP contribution in [0.1, 0.15) is 19.4 Å². The number of hydrogen-bond donors (Lipinski definition) is 0. The van der Waals surface area contributed by atoms with Crippen molar-refractivity contribution in [3.05, 3.63) is 35.0 Å². The lowest BCUT2D eigenvalue weighted by atomic mass is 10.1. The first-order valence-corrected chi connectivity index (χ1v) is 5.84. The summed E-state index contributed by atoms with van der Waals surface area (Å²) in [5.41, 5.74) is 1.98. The number of benzene rings is 1. The zero-order valence-corrected chi connectivity index (χ0v) is 10.2. The van der Waals surface area contributed by atoms with Crippen molar-refractivity contribution in [3.8, 4) is 5.75 Å². The van der Waals surface area contributed by atoms with Gasteiger partial charge in [0.05, 0.1) is 12.1 Å². The predicted octanol–water partition coefficient (Wildman–Crippen LogP) is 3.85. The summed E-state index contributed by atoms with van der Waals surface area (Å²) in [5.74, 6) is 0.876. The third kappa shape index (κ3) is 2.12. The van der Waals surface area contributed by atoms with Crippen LogP contribution in [0.5, 0.6) is 5.75 Å². The molecule has 0 saturated carbocycles. The summed E-state index contributed by atoms with van der Waals surface area (Å²) in [5, 5.41) is 1.67. The average molecular weight is 236 g/mol. The lowest BCUT2D eigenvalue weighted by Crippen LogP contribution is -1.92. The van der Waals surface area contributed by atoms with Gasteiger partial charge >= 0.3 is 0 Å². The SMILES string of the molecule is CCOc1ccc2nc(Cl)c(CC)cc2c1. The highest BCUT2D eigenvalue weighted by Crippen LogP contribution is 2.24. The lowest BCUT2D eigenvalue weighted by Gasteiger charge is -2.06. The van der Waals surface area contributed by atoms with E-state index < -0.39 is 0 Å². The topological polar surface area (TPSA) is 22.1 Å². The molecule has 0 aliphatic rings. The maximum atomic E-state index is 6.06. The maximum Gasteiger partial charge on any atom is 0.132 e. The van der Waals surface area contributed by atoms with E-state index in [4.69, 9.17) is 16.3 Å². The summed E-state index contributed by atoms with van der Waals surface area (Å²) in [6.45, 7) is 4.72. The van der Waals surface area contributed by atoms with Gasteiger partial charge in [-0.3, -0.25) is 0 Å². The molecule has 0 spiro atoms. The van der Waals surface area contributed by atoms with Crippen molar-refractivity contribution in [2.75, 3.05) is 6.61 Å². The number of rotatable bonds is 3. The largest absolute Gasteiger partial charge is 0.494 e. The molecule has 1 aromatic heterocycles. The Morgan fingerprint density at radius 2 is 2.06 bits per heavy atom. The maximum absolute atomic E-state index is 6.06. The highest BCUT2D eigenvalue weighted by molar-refractivity contribution is 6.30. The highest BCUT2D eigenvalue weighted by Gasteiger charge is 2.04. The molecule has 0 saturated heterocycles. The lowest BCUT2D eigenvalue weighted by molar-refractivity contribution is 0.340. The third-order valence-electron chi connectivity index (χ3n) is 2.50. The van der Waals surface area contributed by atoms with E-state index in [1.165, 1.54) is 0 Å². The molecule has 2 rings (SSSR count). The molecule has 0 atom stereocenters. The van der Waals surface area contributed by atoms with Crippen molar-refractivity contribution < 1.29 is 4.74 Å². The fourth-order valence-electron chi connectivity index (χ4n) is 1.68. The van der Waals surface area contributed by atoms with Crippen molar-refractivity contribution in [3.63, 3.8) is 0 Å². The van der Waals surface area contributed by atoms with Gasteiger partial charge in [-0.05, 0) is 43.2 Å². The van der Waals surface area contributed by atoms with Crippen LogP contribution in [0.15, 0.2) is 24.3 Å². The fourth-order valence-corrected chi connectivity index (χ4v) is 1.96. The van der Waals surface area contributed by atoms with E-state index in [0.29, 0.717) is 11.8 Å². The molecule has 0 unspecified atom stereocenters. The van der Waals surface area contributed by atoms with Crippen molar-refractivity contribution in [1.29, 1.82) is 0 Å². The molecule has 0 aliphatic heterocycles. The number of pyridine rings is 1. The summed E-state index contributed by atoms with van der Waals surface area (Å²) in [7, 11) is 0. The summed E-state index contributed by atoms with van der Waals surface area (Å²) < 4.78 is 5.46. The molecule has 2 aromatic rings. The monoisotopic (exact) mass is 235 g/mol. The van der Waals surface area contributed by atoms with Crippen LogP contribution in [-0.4, -0.2) is 11.6 Å². The van der Waals surface area contributed by atoms with Crippen LogP contribution in [-0.2, 0) is 6.42 Å². The molecule has 1 aromatic carbocycles. The number of nitrogens with zero attached hydrogens (tertiary/aromatic N) is 1. The minimum absolute atomic E-state index is 0.596. The molecular formula is C13H14ClNO. The first-order valence-electron chi connectivity index (χ1n) is 5.46. The summed E-state index contributed by atoms with van der Waals surface area (Å²) in [6, 6.07) is 7.93. The molecule has 2 nitrogen and oxygen atoms in total. The summed E-state index contributed by atoms with van der Waals surface area (Å²) in [4.78, 5) is 4.36. The highest BCUT2D eigenvalue weighted by atomic mass is 35.5. The summed E-state index contributed by atoms with van der Waals surface area (Å²) in [6.07, 6.45) is 0.890. The van der Waals surface area contributed by atoms with E-state index in [2.05, 4.69) is 18.0 Å². The van der Waals surface area contributed by atoms with Gasteiger partial charge in [0.25, 0.3) is 0 Å². The molecule has 84 valence electrons. The van der Waals surface area contributed by atoms with Crippen LogP contribution in [0.25, 0.3) is 10.9 Å². The number of halogens is 1. The minimum Gasteiger partial charge on any atom is -0.494 e. The molecular weight excluding hydrogens is 222 g/mol. The van der Waals surface area contributed by atoms with Gasteiger partial charge in [-0.25, -0.2) is 4.98 Å². The zero-order valence-electron chi connectivity index (χ0n) is 9.46. The molecule has 0 radical (unpaired) electrons. The van der Waals surface area contributed by atoms with Crippen molar-refractivity contribution in [2.24, 2.45) is 0 Å². The van der Waals surface area contributed by atoms with Crippen LogP contribution in [0.3, 0.4) is 0 Å². The van der Waals surface area contributed by atoms with Crippen LogP contribution in [0, 0.1) is 0 Å². The Balaban J connectivity index is 2.54. The van der Waals surface area contributed by atoms with E-state index in [1.54, 1.807) is 0 Å². The number of fused-ring (bicyclic) bond motifs is 1. The smallest absolute Gasteiger partial charge is 0.132 e. The quantitative estimate of drug-likeness (QED) is 0.754. The van der Waals surface area contributed by atoms with Gasteiger partial charge in [-0.15, -0.1) is 0 Å². The van der Waals surface area contributed by atoms with Gasteiger partial charge < -0.3 is 4.74 Å². The Bertz CT molecular complexity index is 511. The number of hydrogen-bond acceptors (Lipinski definition) is 2. The van der Waals surface area contributed by atoms with Crippen LogP contribution in [0.4, 0.5) is 0 Å². The van der Waals surface area contributed by atoms with Gasteiger partial charge in [0.1, 0.15) is 10.9 Å². The van der Waals surface area contributed by atoms with Crippen LogP contribution >= 0.6 is 11.6 Å². The first kappa shape index (κ1) is 11.2. The van der Waals surface area contributed by atoms with Gasteiger partial charge in [-0.1, -0.05) is 18.5 Å². The number of aromatic nitrogens is 1. The summed E-state index contributed by atoms with van der Waals surface area (Å²) >= 11 is 6.06. The Hall–Kier alpha value is -1.28. The van der Waals surface area contributed by atoms with Crippen LogP contribution < -0.4 is 4.74 Å². The number of ether oxygens (including phenoxy) is 1. The van der Waals surface area contributed by atoms with Gasteiger partial charge in [-0.2, -0.15) is 0 Å². The standard InChI is InChI=1S/C13H14ClNO/c1-3-9-7-10-8-11(16-4-2)5-6-12(10)15-13(9)14/h5-8H,3-4H2,1-2H3.